The molecule has 4 nitrogen and oxygen atoms in total. The number of hydrogen-bond donors (Lipinski definition) is 0. The average Bonchev–Trinajstić information content (AvgIpc) is 3.72. The second kappa shape index (κ2) is 10.4. The largest absolute Gasteiger partial charge is 0.456 e. The van der Waals surface area contributed by atoms with E-state index in [9.17, 15) is 0 Å². The number of rotatable bonds is 3. The summed E-state index contributed by atoms with van der Waals surface area (Å²) in [4.78, 5) is 15.4. The number of thiophene rings is 1. The molecule has 3 heterocycles. The molecule has 50 heavy (non-hydrogen) atoms. The maximum atomic E-state index is 6.25. The molecule has 1 aliphatic carbocycles. The van der Waals surface area contributed by atoms with Crippen molar-refractivity contribution in [2.24, 2.45) is 0 Å². The van der Waals surface area contributed by atoms with Gasteiger partial charge in [-0.1, -0.05) is 119 Å². The molecule has 0 spiro atoms. The van der Waals surface area contributed by atoms with E-state index < -0.39 is 0 Å². The molecule has 3 aromatic heterocycles. The first-order chi connectivity index (χ1) is 24.3. The van der Waals surface area contributed by atoms with Crippen molar-refractivity contribution < 1.29 is 4.42 Å². The third-order valence-electron chi connectivity index (χ3n) is 11.3. The van der Waals surface area contributed by atoms with Crippen molar-refractivity contribution in [1.82, 2.24) is 15.0 Å². The fraction of sp³-hybridized carbons (Fsp3) is 0.133. The van der Waals surface area contributed by atoms with Crippen LogP contribution in [0.2, 0.25) is 0 Å². The van der Waals surface area contributed by atoms with Crippen LogP contribution in [-0.4, -0.2) is 15.0 Å². The lowest BCUT2D eigenvalue weighted by Gasteiger charge is -2.48. The standard InChI is InChI=1S/C45H33N3OS/c1-44(2)32-18-10-8-15-28(32)39-33(45(44,3)4)22-24-37-40(39)31-25-27(21-23-36(31)50-37)42-46-41(26-13-6-5-7-14-26)47-43(48-42)30-17-12-20-35-38(30)29-16-9-11-19-34(29)49-35/h5-25H,1-4H3. The van der Waals surface area contributed by atoms with Crippen LogP contribution in [0.4, 0.5) is 0 Å². The Hall–Kier alpha value is -5.65. The first kappa shape index (κ1) is 29.3. The van der Waals surface area contributed by atoms with Gasteiger partial charge in [-0.05, 0) is 69.5 Å². The zero-order valence-corrected chi connectivity index (χ0v) is 29.1. The number of furan rings is 1. The Morgan fingerprint density at radius 1 is 0.480 bits per heavy atom. The van der Waals surface area contributed by atoms with Gasteiger partial charge in [0.25, 0.3) is 0 Å². The van der Waals surface area contributed by atoms with Gasteiger partial charge in [-0.2, -0.15) is 0 Å². The van der Waals surface area contributed by atoms with Gasteiger partial charge in [0.05, 0.1) is 0 Å². The smallest absolute Gasteiger partial charge is 0.164 e. The first-order valence-electron chi connectivity index (χ1n) is 17.1. The number of aromatic nitrogens is 3. The first-order valence-corrected chi connectivity index (χ1v) is 17.9. The Morgan fingerprint density at radius 2 is 1.14 bits per heavy atom. The summed E-state index contributed by atoms with van der Waals surface area (Å²) in [5, 5.41) is 4.60. The lowest BCUT2D eigenvalue weighted by Crippen LogP contribution is -2.43. The molecular weight excluding hydrogens is 631 g/mol. The number of nitrogens with zero attached hydrogens (tertiary/aromatic N) is 3. The number of hydrogen-bond acceptors (Lipinski definition) is 5. The summed E-state index contributed by atoms with van der Waals surface area (Å²) in [5.74, 6) is 1.91. The van der Waals surface area contributed by atoms with E-state index in [4.69, 9.17) is 19.4 Å². The van der Waals surface area contributed by atoms with Crippen LogP contribution in [0.15, 0.2) is 132 Å². The van der Waals surface area contributed by atoms with Crippen LogP contribution in [0, 0.1) is 0 Å². The predicted octanol–water partition coefficient (Wildman–Crippen LogP) is 12.4. The van der Waals surface area contributed by atoms with Gasteiger partial charge in [-0.25, -0.2) is 15.0 Å². The van der Waals surface area contributed by atoms with E-state index in [0.717, 1.165) is 38.6 Å². The second-order valence-corrected chi connectivity index (χ2v) is 15.5. The normalized spacial score (nSPS) is 14.7. The van der Waals surface area contributed by atoms with E-state index in [-0.39, 0.29) is 10.8 Å². The molecule has 0 aliphatic heterocycles. The summed E-state index contributed by atoms with van der Waals surface area (Å²) < 4.78 is 8.80. The van der Waals surface area contributed by atoms with Gasteiger partial charge in [-0.3, -0.25) is 0 Å². The molecule has 0 N–H and O–H groups in total. The molecule has 6 aromatic carbocycles. The second-order valence-electron chi connectivity index (χ2n) is 14.4. The molecular formula is C45H33N3OS. The van der Waals surface area contributed by atoms with Gasteiger partial charge in [0.2, 0.25) is 0 Å². The molecule has 240 valence electrons. The van der Waals surface area contributed by atoms with Gasteiger partial charge >= 0.3 is 0 Å². The van der Waals surface area contributed by atoms with Gasteiger partial charge in [0.1, 0.15) is 11.2 Å². The quantitative estimate of drug-likeness (QED) is 0.189. The molecule has 0 fully saturated rings. The summed E-state index contributed by atoms with van der Waals surface area (Å²) in [7, 11) is 0. The Balaban J connectivity index is 1.24. The van der Waals surface area contributed by atoms with E-state index in [0.29, 0.717) is 17.5 Å². The molecule has 0 amide bonds. The molecule has 0 atom stereocenters. The lowest BCUT2D eigenvalue weighted by molar-refractivity contribution is 0.299. The summed E-state index contributed by atoms with van der Waals surface area (Å²) in [6, 6.07) is 44.8. The van der Waals surface area contributed by atoms with Crippen molar-refractivity contribution in [3.05, 3.63) is 139 Å². The van der Waals surface area contributed by atoms with Crippen LogP contribution in [0.1, 0.15) is 38.8 Å². The highest BCUT2D eigenvalue weighted by Gasteiger charge is 2.46. The Kier molecular flexibility index (Phi) is 6.11. The van der Waals surface area contributed by atoms with Crippen molar-refractivity contribution in [3.8, 4) is 45.3 Å². The monoisotopic (exact) mass is 663 g/mol. The van der Waals surface area contributed by atoms with Crippen molar-refractivity contribution >= 4 is 53.4 Å². The van der Waals surface area contributed by atoms with E-state index in [2.05, 4.69) is 107 Å². The van der Waals surface area contributed by atoms with Crippen LogP contribution < -0.4 is 0 Å². The van der Waals surface area contributed by atoms with Crippen molar-refractivity contribution in [1.29, 1.82) is 0 Å². The van der Waals surface area contributed by atoms with E-state index >= 15 is 0 Å². The Morgan fingerprint density at radius 3 is 2.00 bits per heavy atom. The predicted molar refractivity (Wildman–Crippen MR) is 208 cm³/mol. The molecule has 0 saturated carbocycles. The summed E-state index contributed by atoms with van der Waals surface area (Å²) in [6.45, 7) is 9.57. The van der Waals surface area contributed by atoms with E-state index in [1.165, 1.54) is 42.4 Å². The van der Waals surface area contributed by atoms with Crippen LogP contribution in [0.3, 0.4) is 0 Å². The van der Waals surface area contributed by atoms with Gasteiger partial charge < -0.3 is 4.42 Å². The van der Waals surface area contributed by atoms with Gasteiger partial charge in [0.15, 0.2) is 17.5 Å². The van der Waals surface area contributed by atoms with Crippen LogP contribution >= 0.6 is 11.3 Å². The van der Waals surface area contributed by atoms with Crippen LogP contribution in [-0.2, 0) is 10.8 Å². The third-order valence-corrected chi connectivity index (χ3v) is 12.4. The zero-order valence-electron chi connectivity index (χ0n) is 28.3. The SMILES string of the molecule is CC1(C)c2ccccc2-c2c(ccc3sc4ccc(-c5nc(-c6ccccc6)nc(-c6cccc7oc8ccccc8c67)n5)cc4c23)C1(C)C. The Labute approximate surface area is 294 Å². The van der Waals surface area contributed by atoms with Crippen molar-refractivity contribution in [2.45, 2.75) is 38.5 Å². The van der Waals surface area contributed by atoms with Crippen molar-refractivity contribution in [2.75, 3.05) is 0 Å². The fourth-order valence-corrected chi connectivity index (χ4v) is 9.12. The highest BCUT2D eigenvalue weighted by Crippen LogP contribution is 2.57. The molecule has 1 aliphatic rings. The molecule has 0 saturated heterocycles. The molecule has 0 radical (unpaired) electrons. The zero-order chi connectivity index (χ0) is 33.8. The number of benzene rings is 6. The number of fused-ring (bicyclic) bond motifs is 10. The highest BCUT2D eigenvalue weighted by molar-refractivity contribution is 7.26. The average molecular weight is 664 g/mol. The maximum absolute atomic E-state index is 6.25. The summed E-state index contributed by atoms with van der Waals surface area (Å²) >= 11 is 1.85. The Bertz CT molecular complexity index is 2820. The topological polar surface area (TPSA) is 51.8 Å². The summed E-state index contributed by atoms with van der Waals surface area (Å²) in [6.07, 6.45) is 0. The van der Waals surface area contributed by atoms with Crippen molar-refractivity contribution in [3.63, 3.8) is 0 Å². The third kappa shape index (κ3) is 4.07. The minimum absolute atomic E-state index is 0.0282. The van der Waals surface area contributed by atoms with Crippen LogP contribution in [0.5, 0.6) is 0 Å². The maximum Gasteiger partial charge on any atom is 0.164 e. The van der Waals surface area contributed by atoms with Crippen LogP contribution in [0.25, 0.3) is 87.4 Å². The minimum atomic E-state index is -0.0667. The molecule has 9 aromatic rings. The van der Waals surface area contributed by atoms with Gasteiger partial charge in [-0.15, -0.1) is 11.3 Å². The summed E-state index contributed by atoms with van der Waals surface area (Å²) in [5.41, 5.74) is 9.87. The fourth-order valence-electron chi connectivity index (χ4n) is 8.03. The lowest BCUT2D eigenvalue weighted by atomic mass is 9.55. The van der Waals surface area contributed by atoms with E-state index in [1.807, 2.05) is 59.9 Å². The van der Waals surface area contributed by atoms with Gasteiger partial charge in [0, 0.05) is 47.6 Å². The molecule has 0 bridgehead atoms. The minimum Gasteiger partial charge on any atom is -0.456 e. The number of para-hydroxylation sites is 1. The van der Waals surface area contributed by atoms with E-state index in [1.54, 1.807) is 0 Å². The molecule has 0 unspecified atom stereocenters. The molecule has 5 heteroatoms. The molecule has 10 rings (SSSR count). The highest BCUT2D eigenvalue weighted by atomic mass is 32.1.